The zero-order chi connectivity index (χ0) is 11.2. The van der Waals surface area contributed by atoms with Crippen LogP contribution in [0.5, 0.6) is 0 Å². The third-order valence-electron chi connectivity index (χ3n) is 0.942. The largest absolute Gasteiger partial charge is 0.385 e. The van der Waals surface area contributed by atoms with E-state index in [1.54, 1.807) is 12.1 Å². The molecule has 0 amide bonds. The molecular formula is C6H4BrClN2O4. The Morgan fingerprint density at radius 3 is 1.71 bits per heavy atom. The topological polar surface area (TPSA) is 120 Å². The molecule has 0 unspecified atom stereocenters. The Morgan fingerprint density at radius 1 is 1.07 bits per heavy atom. The maximum atomic E-state index is 8.49. The first-order valence-electron chi connectivity index (χ1n) is 3.05. The molecule has 8 heteroatoms. The van der Waals surface area contributed by atoms with E-state index in [-0.39, 0.29) is 0 Å². The Morgan fingerprint density at radius 2 is 1.43 bits per heavy atom. The van der Waals surface area contributed by atoms with Gasteiger partial charge in [0.2, 0.25) is 5.39 Å². The number of hydrogen-bond acceptors (Lipinski definition) is 5. The molecule has 0 heterocycles. The van der Waals surface area contributed by atoms with Gasteiger partial charge in [-0.1, -0.05) is 15.9 Å². The molecule has 0 bridgehead atoms. The first-order chi connectivity index (χ1) is 6.33. The second-order valence-electron chi connectivity index (χ2n) is 1.95. The van der Waals surface area contributed by atoms with E-state index in [0.717, 1.165) is 4.47 Å². The van der Waals surface area contributed by atoms with Gasteiger partial charge in [0.15, 0.2) is 4.98 Å². The van der Waals surface area contributed by atoms with Crippen molar-refractivity contribution in [2.75, 3.05) is 0 Å². The van der Waals surface area contributed by atoms with E-state index in [4.69, 9.17) is 24.0 Å². The number of benzene rings is 1. The fourth-order valence-corrected chi connectivity index (χ4v) is 0.772. The molecule has 14 heavy (non-hydrogen) atoms. The van der Waals surface area contributed by atoms with E-state index < -0.39 is 10.2 Å². The summed E-state index contributed by atoms with van der Waals surface area (Å²) in [6.45, 7) is 0. The van der Waals surface area contributed by atoms with Crippen LogP contribution >= 0.6 is 15.9 Å². The minimum absolute atomic E-state index is 0.568. The third kappa shape index (κ3) is 9.34. The van der Waals surface area contributed by atoms with Crippen LogP contribution in [-0.4, -0.2) is 0 Å². The molecule has 0 saturated carbocycles. The SMILES string of the molecule is N#[N+]c1ccc(Br)cc1.[O-][Cl+3]([O-])([O-])[O-]. The van der Waals surface area contributed by atoms with Crippen LogP contribution < -0.4 is 18.6 Å². The highest BCUT2D eigenvalue weighted by atomic mass is 79.9. The molecule has 0 N–H and O–H groups in total. The van der Waals surface area contributed by atoms with Crippen LogP contribution in [0.1, 0.15) is 0 Å². The highest BCUT2D eigenvalue weighted by Crippen LogP contribution is 2.15. The lowest BCUT2D eigenvalue weighted by atomic mass is 10.3. The Hall–Kier alpha value is -0.750. The molecule has 0 aliphatic carbocycles. The fourth-order valence-electron chi connectivity index (χ4n) is 0.508. The quantitative estimate of drug-likeness (QED) is 0.519. The lowest BCUT2D eigenvalue weighted by Crippen LogP contribution is -2.68. The number of nitrogens with zero attached hydrogens (tertiary/aromatic N) is 2. The van der Waals surface area contributed by atoms with E-state index in [2.05, 4.69) is 20.9 Å². The summed E-state index contributed by atoms with van der Waals surface area (Å²) < 4.78 is 35.0. The summed E-state index contributed by atoms with van der Waals surface area (Å²) in [6.07, 6.45) is 0. The van der Waals surface area contributed by atoms with Gasteiger partial charge in [0, 0.05) is 16.6 Å². The molecule has 1 aromatic rings. The predicted molar refractivity (Wildman–Crippen MR) is 38.9 cm³/mol. The number of halogens is 2. The molecule has 1 rings (SSSR count). The van der Waals surface area contributed by atoms with Gasteiger partial charge >= 0.3 is 5.69 Å². The molecule has 0 aliphatic heterocycles. The van der Waals surface area contributed by atoms with Crippen LogP contribution in [0.15, 0.2) is 28.7 Å². The molecule has 0 aliphatic rings. The normalized spacial score (nSPS) is 9.71. The van der Waals surface area contributed by atoms with Crippen molar-refractivity contribution in [1.29, 1.82) is 5.39 Å². The van der Waals surface area contributed by atoms with Crippen molar-refractivity contribution in [3.05, 3.63) is 33.7 Å². The van der Waals surface area contributed by atoms with Crippen molar-refractivity contribution in [2.24, 2.45) is 0 Å². The van der Waals surface area contributed by atoms with Crippen LogP contribution in [0, 0.1) is 15.6 Å². The Labute approximate surface area is 89.9 Å². The molecular weight excluding hydrogens is 279 g/mol. The molecule has 1 aromatic carbocycles. The first-order valence-corrected chi connectivity index (χ1v) is 5.08. The Kier molecular flexibility index (Phi) is 5.56. The minimum Gasteiger partial charge on any atom is -0.222 e. The summed E-state index contributed by atoms with van der Waals surface area (Å²) in [5, 5.41) is 8.24. The number of rotatable bonds is 0. The summed E-state index contributed by atoms with van der Waals surface area (Å²) in [5.74, 6) is 0. The standard InChI is InChI=1S/C6H4BrN2.ClHO4/c7-5-1-3-6(9-8)4-2-5;2-1(3,4)5/h1-4H;(H,2,3,4,5)/q+1;/p-1. The van der Waals surface area contributed by atoms with Gasteiger partial charge in [0.25, 0.3) is 0 Å². The van der Waals surface area contributed by atoms with Gasteiger partial charge in [-0.05, 0) is 12.1 Å². The number of hydrogen-bond donors (Lipinski definition) is 0. The van der Waals surface area contributed by atoms with Gasteiger partial charge in [-0.3, -0.25) is 0 Å². The van der Waals surface area contributed by atoms with E-state index >= 15 is 0 Å². The van der Waals surface area contributed by atoms with Gasteiger partial charge < -0.3 is 0 Å². The van der Waals surface area contributed by atoms with Crippen LogP contribution in [0.3, 0.4) is 0 Å². The molecule has 0 aromatic heterocycles. The van der Waals surface area contributed by atoms with Crippen molar-refractivity contribution in [1.82, 2.24) is 0 Å². The summed E-state index contributed by atoms with van der Waals surface area (Å²) in [4.78, 5) is 2.99. The molecule has 0 spiro atoms. The second-order valence-corrected chi connectivity index (χ2v) is 3.63. The van der Waals surface area contributed by atoms with E-state index in [0.29, 0.717) is 5.69 Å². The van der Waals surface area contributed by atoms with Crippen LogP contribution in [-0.2, 0) is 0 Å². The van der Waals surface area contributed by atoms with Gasteiger partial charge in [-0.2, -0.15) is 0 Å². The lowest BCUT2D eigenvalue weighted by molar-refractivity contribution is -2.00. The first kappa shape index (κ1) is 13.2. The lowest BCUT2D eigenvalue weighted by Gasteiger charge is -2.17. The van der Waals surface area contributed by atoms with Crippen LogP contribution in [0.2, 0.25) is 0 Å². The van der Waals surface area contributed by atoms with Gasteiger partial charge in [-0.15, -0.1) is 10.2 Å². The summed E-state index contributed by atoms with van der Waals surface area (Å²) in [5.41, 5.74) is 0.568. The summed E-state index contributed by atoms with van der Waals surface area (Å²) in [7, 11) is -4.94. The second kappa shape index (κ2) is 5.87. The molecule has 0 fully saturated rings. The highest BCUT2D eigenvalue weighted by Gasteiger charge is 1.99. The minimum atomic E-state index is -4.94. The van der Waals surface area contributed by atoms with Crippen LogP contribution in [0.25, 0.3) is 4.98 Å². The van der Waals surface area contributed by atoms with Gasteiger partial charge in [0.1, 0.15) is 0 Å². The fraction of sp³-hybridized carbons (Fsp3) is 0. The Bertz CT molecular complexity index is 312. The van der Waals surface area contributed by atoms with Gasteiger partial charge in [-0.25, -0.2) is 18.6 Å². The zero-order valence-corrected chi connectivity index (χ0v) is 8.93. The van der Waals surface area contributed by atoms with E-state index in [1.807, 2.05) is 12.1 Å². The van der Waals surface area contributed by atoms with Gasteiger partial charge in [0.05, 0.1) is 0 Å². The van der Waals surface area contributed by atoms with E-state index in [9.17, 15) is 0 Å². The van der Waals surface area contributed by atoms with Crippen molar-refractivity contribution >= 4 is 21.6 Å². The molecule has 0 radical (unpaired) electrons. The average molecular weight is 283 g/mol. The average Bonchev–Trinajstić information content (AvgIpc) is 2.03. The maximum absolute atomic E-state index is 8.49. The Balaban J connectivity index is 0.000000292. The van der Waals surface area contributed by atoms with Crippen molar-refractivity contribution < 1.29 is 28.9 Å². The maximum Gasteiger partial charge on any atom is 0.385 e. The van der Waals surface area contributed by atoms with Crippen LogP contribution in [0.4, 0.5) is 5.69 Å². The number of diazo groups is 1. The zero-order valence-electron chi connectivity index (χ0n) is 6.59. The van der Waals surface area contributed by atoms with Crippen molar-refractivity contribution in [2.45, 2.75) is 0 Å². The predicted octanol–water partition coefficient (Wildman–Crippen LogP) is -1.82. The van der Waals surface area contributed by atoms with Crippen molar-refractivity contribution in [3.8, 4) is 0 Å². The van der Waals surface area contributed by atoms with Crippen molar-refractivity contribution in [3.63, 3.8) is 0 Å². The summed E-state index contributed by atoms with van der Waals surface area (Å²) in [6, 6.07) is 7.05. The highest BCUT2D eigenvalue weighted by molar-refractivity contribution is 9.10. The van der Waals surface area contributed by atoms with E-state index in [1.165, 1.54) is 0 Å². The molecule has 6 nitrogen and oxygen atoms in total. The monoisotopic (exact) mass is 282 g/mol. The molecule has 0 atom stereocenters. The summed E-state index contributed by atoms with van der Waals surface area (Å²) >= 11 is 3.25. The molecule has 0 saturated heterocycles. The third-order valence-corrected chi connectivity index (χ3v) is 1.47. The smallest absolute Gasteiger partial charge is 0.222 e. The molecule has 76 valence electrons.